The molecule has 0 radical (unpaired) electrons. The first kappa shape index (κ1) is 19.6. The molecule has 0 saturated carbocycles. The Bertz CT molecular complexity index is 1000. The molecule has 29 heavy (non-hydrogen) atoms. The summed E-state index contributed by atoms with van der Waals surface area (Å²) in [5.74, 6) is 0.546. The van der Waals surface area contributed by atoms with Crippen LogP contribution < -0.4 is 0 Å². The number of benzene rings is 1. The number of halogens is 1. The third-order valence-electron chi connectivity index (χ3n) is 5.12. The fraction of sp³-hybridized carbons (Fsp3) is 0.333. The van der Waals surface area contributed by atoms with Gasteiger partial charge in [0.05, 0.1) is 11.6 Å². The molecule has 3 heterocycles. The Labute approximate surface area is 173 Å². The first-order valence-electron chi connectivity index (χ1n) is 9.65. The number of nitriles is 1. The molecule has 0 amide bonds. The van der Waals surface area contributed by atoms with Crippen molar-refractivity contribution in [1.82, 2.24) is 24.6 Å². The van der Waals surface area contributed by atoms with Crippen LogP contribution in [0.1, 0.15) is 43.6 Å². The maximum atomic E-state index is 13.5. The fourth-order valence-electron chi connectivity index (χ4n) is 3.52. The van der Waals surface area contributed by atoms with Crippen molar-refractivity contribution in [2.24, 2.45) is 0 Å². The Morgan fingerprint density at radius 3 is 2.48 bits per heavy atom. The number of rotatable bonds is 5. The van der Waals surface area contributed by atoms with Crippen molar-refractivity contribution in [3.8, 4) is 11.8 Å². The highest BCUT2D eigenvalue weighted by Gasteiger charge is 2.25. The van der Waals surface area contributed by atoms with Gasteiger partial charge >= 0.3 is 0 Å². The molecular formula is C21H21FN6S. The van der Waals surface area contributed by atoms with Crippen molar-refractivity contribution >= 4 is 11.8 Å². The smallest absolute Gasteiger partial charge is 0.202 e. The first-order valence-corrected chi connectivity index (χ1v) is 10.5. The van der Waals surface area contributed by atoms with Gasteiger partial charge in [0.2, 0.25) is 5.16 Å². The van der Waals surface area contributed by atoms with Crippen LogP contribution in [0.3, 0.4) is 0 Å². The Morgan fingerprint density at radius 2 is 1.83 bits per heavy atom. The van der Waals surface area contributed by atoms with Gasteiger partial charge in [-0.3, -0.25) is 9.47 Å². The molecule has 1 aliphatic heterocycles. The van der Waals surface area contributed by atoms with Crippen LogP contribution in [0.4, 0.5) is 4.39 Å². The molecule has 148 valence electrons. The van der Waals surface area contributed by atoms with Gasteiger partial charge in [0.25, 0.3) is 0 Å². The minimum atomic E-state index is -0.282. The van der Waals surface area contributed by atoms with E-state index in [0.717, 1.165) is 29.6 Å². The molecule has 1 fully saturated rings. The molecule has 0 spiro atoms. The van der Waals surface area contributed by atoms with Gasteiger partial charge in [0, 0.05) is 11.9 Å². The zero-order valence-corrected chi connectivity index (χ0v) is 16.9. The van der Waals surface area contributed by atoms with Gasteiger partial charge in [0.1, 0.15) is 16.9 Å². The molecule has 1 aliphatic rings. The number of likely N-dealkylation sites (tertiary alicyclic amines) is 1. The lowest BCUT2D eigenvalue weighted by molar-refractivity contribution is 0.167. The van der Waals surface area contributed by atoms with Gasteiger partial charge in [0.15, 0.2) is 5.82 Å². The lowest BCUT2D eigenvalue weighted by Crippen LogP contribution is -2.33. The second-order valence-electron chi connectivity index (χ2n) is 7.02. The second kappa shape index (κ2) is 8.72. The summed E-state index contributed by atoms with van der Waals surface area (Å²) in [5.41, 5.74) is 1.32. The Morgan fingerprint density at radius 1 is 1.07 bits per heavy atom. The van der Waals surface area contributed by atoms with Crippen molar-refractivity contribution in [2.75, 3.05) is 13.1 Å². The Hall–Kier alpha value is -2.76. The predicted octanol–water partition coefficient (Wildman–Crippen LogP) is 4.37. The zero-order chi connectivity index (χ0) is 20.2. The molecular weight excluding hydrogens is 387 g/mol. The van der Waals surface area contributed by atoms with Crippen molar-refractivity contribution in [3.63, 3.8) is 0 Å². The summed E-state index contributed by atoms with van der Waals surface area (Å²) in [4.78, 5) is 6.75. The summed E-state index contributed by atoms with van der Waals surface area (Å²) in [7, 11) is 0. The lowest BCUT2D eigenvalue weighted by atomic mass is 10.1. The third kappa shape index (κ3) is 4.31. The zero-order valence-electron chi connectivity index (χ0n) is 16.1. The highest BCUT2D eigenvalue weighted by atomic mass is 32.2. The molecule has 1 atom stereocenters. The van der Waals surface area contributed by atoms with E-state index in [0.29, 0.717) is 10.7 Å². The number of nitrogens with zero attached hydrogens (tertiary/aromatic N) is 6. The average molecular weight is 409 g/mol. The highest BCUT2D eigenvalue weighted by molar-refractivity contribution is 7.99. The molecule has 8 heteroatoms. The summed E-state index contributed by atoms with van der Waals surface area (Å²) < 4.78 is 15.5. The molecule has 1 saturated heterocycles. The molecule has 0 unspecified atom stereocenters. The lowest BCUT2D eigenvalue weighted by Gasteiger charge is -2.31. The van der Waals surface area contributed by atoms with Crippen molar-refractivity contribution in [3.05, 3.63) is 59.8 Å². The molecule has 0 N–H and O–H groups in total. The van der Waals surface area contributed by atoms with Gasteiger partial charge in [-0.1, -0.05) is 6.42 Å². The SMILES string of the molecule is C[C@@H](c1nnc(Sc2ccc(C#N)cn2)n1-c1ccc(F)cc1)N1CCCCC1. The summed E-state index contributed by atoms with van der Waals surface area (Å²) >= 11 is 1.37. The van der Waals surface area contributed by atoms with E-state index in [1.165, 1.54) is 49.4 Å². The normalized spacial score (nSPS) is 15.8. The number of hydrogen-bond acceptors (Lipinski definition) is 6. The summed E-state index contributed by atoms with van der Waals surface area (Å²) in [5, 5.41) is 19.3. The van der Waals surface area contributed by atoms with E-state index >= 15 is 0 Å². The summed E-state index contributed by atoms with van der Waals surface area (Å²) in [6.07, 6.45) is 5.18. The van der Waals surface area contributed by atoms with Crippen LogP contribution in [0.5, 0.6) is 0 Å². The van der Waals surface area contributed by atoms with E-state index in [4.69, 9.17) is 5.26 Å². The van der Waals surface area contributed by atoms with Crippen LogP contribution in [-0.2, 0) is 0 Å². The van der Waals surface area contributed by atoms with Crippen LogP contribution in [0.15, 0.2) is 52.8 Å². The third-order valence-corrected chi connectivity index (χ3v) is 6.01. The van der Waals surface area contributed by atoms with Crippen LogP contribution in [0.25, 0.3) is 5.69 Å². The molecule has 3 aromatic rings. The Balaban J connectivity index is 1.71. The molecule has 0 bridgehead atoms. The predicted molar refractivity (Wildman–Crippen MR) is 108 cm³/mol. The fourth-order valence-corrected chi connectivity index (χ4v) is 4.32. The minimum absolute atomic E-state index is 0.0936. The van der Waals surface area contributed by atoms with Gasteiger partial charge in [-0.05, 0) is 81.0 Å². The maximum Gasteiger partial charge on any atom is 0.202 e. The van der Waals surface area contributed by atoms with Gasteiger partial charge in [-0.15, -0.1) is 10.2 Å². The quantitative estimate of drug-likeness (QED) is 0.624. The topological polar surface area (TPSA) is 70.6 Å². The standard InChI is InChI=1S/C21H21FN6S/c1-15(27-11-3-2-4-12-27)20-25-26-21(28(20)18-8-6-17(22)7-9-18)29-19-10-5-16(13-23)14-24-19/h5-10,14-15H,2-4,11-12H2,1H3/t15-/m0/s1. The van der Waals surface area contributed by atoms with Gasteiger partial charge in [-0.25, -0.2) is 9.37 Å². The summed E-state index contributed by atoms with van der Waals surface area (Å²) in [6, 6.07) is 12.0. The number of piperidine rings is 1. The second-order valence-corrected chi connectivity index (χ2v) is 8.01. The average Bonchev–Trinajstić information content (AvgIpc) is 3.18. The van der Waals surface area contributed by atoms with Crippen LogP contribution in [-0.4, -0.2) is 37.7 Å². The van der Waals surface area contributed by atoms with Crippen LogP contribution >= 0.6 is 11.8 Å². The van der Waals surface area contributed by atoms with Gasteiger partial charge in [-0.2, -0.15) is 5.26 Å². The van der Waals surface area contributed by atoms with E-state index in [9.17, 15) is 4.39 Å². The van der Waals surface area contributed by atoms with Crippen LogP contribution in [0.2, 0.25) is 0 Å². The molecule has 6 nitrogen and oxygen atoms in total. The number of hydrogen-bond donors (Lipinski definition) is 0. The molecule has 4 rings (SSSR count). The maximum absolute atomic E-state index is 13.5. The van der Waals surface area contributed by atoms with E-state index in [1.54, 1.807) is 24.3 Å². The van der Waals surface area contributed by atoms with Crippen molar-refractivity contribution in [1.29, 1.82) is 5.26 Å². The van der Waals surface area contributed by atoms with E-state index < -0.39 is 0 Å². The van der Waals surface area contributed by atoms with Crippen LogP contribution in [0, 0.1) is 17.1 Å². The highest BCUT2D eigenvalue weighted by Crippen LogP contribution is 2.32. The van der Waals surface area contributed by atoms with Crippen molar-refractivity contribution < 1.29 is 4.39 Å². The minimum Gasteiger partial charge on any atom is -0.294 e. The largest absolute Gasteiger partial charge is 0.294 e. The molecule has 2 aromatic heterocycles. The molecule has 1 aromatic carbocycles. The summed E-state index contributed by atoms with van der Waals surface area (Å²) in [6.45, 7) is 4.22. The first-order chi connectivity index (χ1) is 14.2. The Kier molecular flexibility index (Phi) is 5.88. The molecule has 0 aliphatic carbocycles. The number of aromatic nitrogens is 4. The van der Waals surface area contributed by atoms with E-state index in [-0.39, 0.29) is 11.9 Å². The van der Waals surface area contributed by atoms with E-state index in [1.807, 2.05) is 4.57 Å². The van der Waals surface area contributed by atoms with Gasteiger partial charge < -0.3 is 0 Å². The number of pyridine rings is 1. The van der Waals surface area contributed by atoms with Crippen molar-refractivity contribution in [2.45, 2.75) is 42.4 Å². The monoisotopic (exact) mass is 408 g/mol. The van der Waals surface area contributed by atoms with E-state index in [2.05, 4.69) is 33.1 Å².